The van der Waals surface area contributed by atoms with E-state index < -0.39 is 24.2 Å². The fourth-order valence-corrected chi connectivity index (χ4v) is 3.73. The molecule has 0 bridgehead atoms. The van der Waals surface area contributed by atoms with Crippen LogP contribution in [0.2, 0.25) is 0 Å². The lowest BCUT2D eigenvalue weighted by Crippen LogP contribution is -2.47. The van der Waals surface area contributed by atoms with Gasteiger partial charge in [-0.2, -0.15) is 9.37 Å². The number of nitrogens with one attached hydrogen (secondary N) is 2. The van der Waals surface area contributed by atoms with Crippen molar-refractivity contribution < 1.29 is 22.7 Å². The molecule has 1 amide bonds. The smallest absolute Gasteiger partial charge is 0.260 e. The van der Waals surface area contributed by atoms with Gasteiger partial charge in [-0.25, -0.2) is 13.8 Å². The Balaban J connectivity index is 1.44. The standard InChI is InChI=1S/C25H25F3N6O2/c1-2-23(35)30-17-4-3-5-19(14-17)36-24-21(28)16-29-25(32-24)31-18-6-7-22(20(27)15-18)34-12-10-33(9-8-26)11-13-34/h2-7,14-16H,1,8-13H2,(H,30,35)(H,29,31,32). The van der Waals surface area contributed by atoms with Crippen molar-refractivity contribution in [3.05, 3.63) is 73.0 Å². The molecule has 1 fully saturated rings. The van der Waals surface area contributed by atoms with Gasteiger partial charge in [-0.1, -0.05) is 12.6 Å². The molecule has 0 spiro atoms. The quantitative estimate of drug-likeness (QED) is 0.420. The predicted molar refractivity (Wildman–Crippen MR) is 132 cm³/mol. The van der Waals surface area contributed by atoms with Crippen LogP contribution in [0.1, 0.15) is 0 Å². The minimum absolute atomic E-state index is 0.00880. The van der Waals surface area contributed by atoms with Crippen LogP contribution in [0.25, 0.3) is 0 Å². The van der Waals surface area contributed by atoms with E-state index in [-0.39, 0.29) is 17.6 Å². The second kappa shape index (κ2) is 11.5. The number of piperazine rings is 1. The number of alkyl halides is 1. The number of nitrogens with zero attached hydrogens (tertiary/aromatic N) is 4. The number of carbonyl (C=O) groups is 1. The number of ether oxygens (including phenoxy) is 1. The van der Waals surface area contributed by atoms with Gasteiger partial charge in [0.15, 0.2) is 0 Å². The maximum absolute atomic E-state index is 14.9. The summed E-state index contributed by atoms with van der Waals surface area (Å²) in [6, 6.07) is 11.0. The molecule has 8 nitrogen and oxygen atoms in total. The summed E-state index contributed by atoms with van der Waals surface area (Å²) >= 11 is 0. The highest BCUT2D eigenvalue weighted by atomic mass is 19.1. The first-order chi connectivity index (χ1) is 17.4. The molecule has 2 heterocycles. The van der Waals surface area contributed by atoms with Gasteiger partial charge < -0.3 is 20.3 Å². The third kappa shape index (κ3) is 6.30. The lowest BCUT2D eigenvalue weighted by atomic mass is 10.2. The van der Waals surface area contributed by atoms with Gasteiger partial charge in [-0.3, -0.25) is 9.69 Å². The molecule has 1 aromatic heterocycles. The fraction of sp³-hybridized carbons (Fsp3) is 0.240. The SMILES string of the molecule is C=CC(=O)Nc1cccc(Oc2nc(Nc3ccc(N4CCN(CCF)CC4)c(F)c3)ncc2F)c1. The van der Waals surface area contributed by atoms with Gasteiger partial charge in [0.2, 0.25) is 17.7 Å². The Hall–Kier alpha value is -4.12. The number of anilines is 4. The van der Waals surface area contributed by atoms with E-state index in [0.29, 0.717) is 49.8 Å². The minimum atomic E-state index is -0.797. The number of hydrogen-bond donors (Lipinski definition) is 2. The summed E-state index contributed by atoms with van der Waals surface area (Å²) in [7, 11) is 0. The normalized spacial score (nSPS) is 13.8. The monoisotopic (exact) mass is 498 g/mol. The zero-order valence-electron chi connectivity index (χ0n) is 19.4. The molecule has 2 aromatic carbocycles. The van der Waals surface area contributed by atoms with Crippen LogP contribution < -0.4 is 20.3 Å². The van der Waals surface area contributed by atoms with Gasteiger partial charge in [0, 0.05) is 50.2 Å². The number of amides is 1. The lowest BCUT2D eigenvalue weighted by Gasteiger charge is -2.35. The van der Waals surface area contributed by atoms with E-state index in [2.05, 4.69) is 27.2 Å². The summed E-state index contributed by atoms with van der Waals surface area (Å²) in [6.07, 6.45) is 2.07. The highest BCUT2D eigenvalue weighted by molar-refractivity contribution is 5.98. The molecular formula is C25H25F3N6O2. The molecule has 188 valence electrons. The van der Waals surface area contributed by atoms with E-state index in [1.165, 1.54) is 12.1 Å². The van der Waals surface area contributed by atoms with E-state index in [1.807, 2.05) is 9.80 Å². The van der Waals surface area contributed by atoms with Gasteiger partial charge >= 0.3 is 0 Å². The highest BCUT2D eigenvalue weighted by Gasteiger charge is 2.20. The first kappa shape index (κ1) is 25.0. The first-order valence-corrected chi connectivity index (χ1v) is 11.3. The molecule has 3 aromatic rings. The predicted octanol–water partition coefficient (Wildman–Crippen LogP) is 4.51. The molecular weight excluding hydrogens is 473 g/mol. The number of halogens is 3. The summed E-state index contributed by atoms with van der Waals surface area (Å²) in [6.45, 7) is 5.92. The molecule has 0 atom stereocenters. The van der Waals surface area contributed by atoms with Crippen LogP contribution >= 0.6 is 0 Å². The van der Waals surface area contributed by atoms with E-state index in [1.54, 1.807) is 30.3 Å². The average Bonchev–Trinajstić information content (AvgIpc) is 2.87. The van der Waals surface area contributed by atoms with Crippen molar-refractivity contribution in [1.82, 2.24) is 14.9 Å². The maximum atomic E-state index is 14.9. The Labute approximate surface area is 206 Å². The van der Waals surface area contributed by atoms with Crippen LogP contribution in [0.15, 0.2) is 61.3 Å². The van der Waals surface area contributed by atoms with E-state index in [0.717, 1.165) is 12.3 Å². The third-order valence-electron chi connectivity index (χ3n) is 5.53. The Morgan fingerprint density at radius 3 is 2.61 bits per heavy atom. The Morgan fingerprint density at radius 2 is 1.89 bits per heavy atom. The zero-order chi connectivity index (χ0) is 25.5. The second-order valence-electron chi connectivity index (χ2n) is 7.98. The van der Waals surface area contributed by atoms with Crippen LogP contribution in [-0.4, -0.2) is 60.2 Å². The molecule has 1 saturated heterocycles. The van der Waals surface area contributed by atoms with Crippen LogP contribution in [-0.2, 0) is 4.79 Å². The van der Waals surface area contributed by atoms with Crippen LogP contribution in [0.3, 0.4) is 0 Å². The largest absolute Gasteiger partial charge is 0.436 e. The molecule has 1 aliphatic rings. The Kier molecular flexibility index (Phi) is 8.01. The topological polar surface area (TPSA) is 82.6 Å². The fourth-order valence-electron chi connectivity index (χ4n) is 3.73. The van der Waals surface area contributed by atoms with Crippen LogP contribution in [0.4, 0.5) is 36.2 Å². The molecule has 1 aliphatic heterocycles. The molecule has 36 heavy (non-hydrogen) atoms. The second-order valence-corrected chi connectivity index (χ2v) is 7.98. The summed E-state index contributed by atoms with van der Waals surface area (Å²) in [5, 5.41) is 5.44. The summed E-state index contributed by atoms with van der Waals surface area (Å²) < 4.78 is 47.2. The van der Waals surface area contributed by atoms with Gasteiger partial charge in [-0.15, -0.1) is 0 Å². The van der Waals surface area contributed by atoms with Gasteiger partial charge in [0.05, 0.1) is 11.9 Å². The van der Waals surface area contributed by atoms with Gasteiger partial charge in [-0.05, 0) is 36.4 Å². The highest BCUT2D eigenvalue weighted by Crippen LogP contribution is 2.28. The summed E-state index contributed by atoms with van der Waals surface area (Å²) in [5.74, 6) is -1.73. The molecule has 11 heteroatoms. The summed E-state index contributed by atoms with van der Waals surface area (Å²) in [4.78, 5) is 23.4. The molecule has 0 aliphatic carbocycles. The summed E-state index contributed by atoms with van der Waals surface area (Å²) in [5.41, 5.74) is 1.26. The van der Waals surface area contributed by atoms with Crippen LogP contribution in [0, 0.1) is 11.6 Å². The van der Waals surface area contributed by atoms with Crippen molar-refractivity contribution in [1.29, 1.82) is 0 Å². The molecule has 0 radical (unpaired) electrons. The molecule has 0 saturated carbocycles. The van der Waals surface area contributed by atoms with Crippen molar-refractivity contribution in [2.24, 2.45) is 0 Å². The molecule has 4 rings (SSSR count). The lowest BCUT2D eigenvalue weighted by molar-refractivity contribution is -0.111. The van der Waals surface area contributed by atoms with E-state index >= 15 is 0 Å². The van der Waals surface area contributed by atoms with E-state index in [4.69, 9.17) is 4.74 Å². The van der Waals surface area contributed by atoms with Crippen molar-refractivity contribution in [3.63, 3.8) is 0 Å². The molecule has 2 N–H and O–H groups in total. The van der Waals surface area contributed by atoms with Crippen molar-refractivity contribution in [2.45, 2.75) is 0 Å². The first-order valence-electron chi connectivity index (χ1n) is 11.3. The average molecular weight is 499 g/mol. The third-order valence-corrected chi connectivity index (χ3v) is 5.53. The number of aromatic nitrogens is 2. The van der Waals surface area contributed by atoms with Gasteiger partial charge in [0.1, 0.15) is 18.2 Å². The van der Waals surface area contributed by atoms with Crippen molar-refractivity contribution in [2.75, 3.05) is 54.9 Å². The Morgan fingerprint density at radius 1 is 1.08 bits per heavy atom. The Bertz CT molecular complexity index is 1230. The molecule has 0 unspecified atom stereocenters. The van der Waals surface area contributed by atoms with Crippen LogP contribution in [0.5, 0.6) is 11.6 Å². The van der Waals surface area contributed by atoms with Crippen molar-refractivity contribution >= 4 is 28.9 Å². The number of rotatable bonds is 9. The van der Waals surface area contributed by atoms with Gasteiger partial charge in [0.25, 0.3) is 5.88 Å². The number of hydrogen-bond acceptors (Lipinski definition) is 7. The number of benzene rings is 2. The minimum Gasteiger partial charge on any atom is -0.436 e. The number of carbonyl (C=O) groups excluding carboxylic acids is 1. The zero-order valence-corrected chi connectivity index (χ0v) is 19.4. The van der Waals surface area contributed by atoms with Crippen molar-refractivity contribution in [3.8, 4) is 11.6 Å². The maximum Gasteiger partial charge on any atom is 0.260 e. The van der Waals surface area contributed by atoms with E-state index in [9.17, 15) is 18.0 Å².